The number of aryl methyl sites for hydroxylation is 4. The summed E-state index contributed by atoms with van der Waals surface area (Å²) in [5.41, 5.74) is 4.88. The van der Waals surface area contributed by atoms with E-state index < -0.39 is 0 Å². The number of rotatable bonds is 7. The average molecular weight is 479 g/mol. The van der Waals surface area contributed by atoms with Crippen LogP contribution in [0.25, 0.3) is 11.2 Å². The first kappa shape index (κ1) is 24.5. The van der Waals surface area contributed by atoms with Gasteiger partial charge in [0.2, 0.25) is 11.8 Å². The Kier molecular flexibility index (Phi) is 7.23. The van der Waals surface area contributed by atoms with Crippen LogP contribution in [0.15, 0.2) is 35.1 Å². The van der Waals surface area contributed by atoms with Crippen LogP contribution >= 0.6 is 0 Å². The van der Waals surface area contributed by atoms with Gasteiger partial charge in [-0.1, -0.05) is 12.1 Å². The first-order chi connectivity index (χ1) is 16.8. The van der Waals surface area contributed by atoms with Crippen molar-refractivity contribution < 1.29 is 9.59 Å². The zero-order valence-corrected chi connectivity index (χ0v) is 21.0. The normalized spacial score (nSPS) is 13.9. The van der Waals surface area contributed by atoms with Crippen LogP contribution in [0.3, 0.4) is 0 Å². The molecule has 9 heteroatoms. The first-order valence-corrected chi connectivity index (χ1v) is 12.3. The lowest BCUT2D eigenvalue weighted by atomic mass is 10.1. The highest BCUT2D eigenvalue weighted by molar-refractivity contribution is 5.93. The minimum atomic E-state index is -0.264. The fourth-order valence-electron chi connectivity index (χ4n) is 4.69. The van der Waals surface area contributed by atoms with Crippen molar-refractivity contribution in [1.29, 1.82) is 0 Å². The number of carbonyl (C=O) groups is 2. The van der Waals surface area contributed by atoms with E-state index in [1.165, 1.54) is 16.8 Å². The monoisotopic (exact) mass is 478 g/mol. The zero-order valence-electron chi connectivity index (χ0n) is 21.0. The number of benzene rings is 1. The van der Waals surface area contributed by atoms with Gasteiger partial charge in [0.05, 0.1) is 5.52 Å². The van der Waals surface area contributed by atoms with Crippen LogP contribution in [0, 0.1) is 13.8 Å². The highest BCUT2D eigenvalue weighted by Crippen LogP contribution is 2.23. The Bertz CT molecular complexity index is 1300. The molecule has 1 aliphatic rings. The number of hydrogen-bond acceptors (Lipinski definition) is 5. The molecule has 0 aliphatic carbocycles. The molecule has 3 aromatic rings. The number of nitrogens with zero attached hydrogens (tertiary/aromatic N) is 5. The molecule has 2 amide bonds. The van der Waals surface area contributed by atoms with E-state index in [1.807, 2.05) is 18.7 Å². The number of pyridine rings is 1. The number of fused-ring (bicyclic) bond motifs is 1. The van der Waals surface area contributed by atoms with Gasteiger partial charge in [-0.3, -0.25) is 18.7 Å². The van der Waals surface area contributed by atoms with Crippen LogP contribution in [0.2, 0.25) is 0 Å². The van der Waals surface area contributed by atoms with Gasteiger partial charge in [0, 0.05) is 57.8 Å². The van der Waals surface area contributed by atoms with Crippen LogP contribution in [-0.2, 0) is 22.7 Å². The van der Waals surface area contributed by atoms with Crippen molar-refractivity contribution in [2.75, 3.05) is 36.4 Å². The van der Waals surface area contributed by atoms with Crippen LogP contribution in [0.1, 0.15) is 37.8 Å². The lowest BCUT2D eigenvalue weighted by molar-refractivity contribution is -0.133. The first-order valence-electron chi connectivity index (χ1n) is 12.3. The summed E-state index contributed by atoms with van der Waals surface area (Å²) in [5.74, 6) is 0.108. The van der Waals surface area contributed by atoms with Gasteiger partial charge in [-0.05, 0) is 57.0 Å². The Morgan fingerprint density at radius 3 is 2.34 bits per heavy atom. The molecule has 4 rings (SSSR count). The van der Waals surface area contributed by atoms with E-state index in [1.54, 1.807) is 21.3 Å². The van der Waals surface area contributed by atoms with Crippen molar-refractivity contribution in [3.63, 3.8) is 0 Å². The maximum absolute atomic E-state index is 12.7. The summed E-state index contributed by atoms with van der Waals surface area (Å²) in [7, 11) is 0. The molecule has 1 saturated heterocycles. The summed E-state index contributed by atoms with van der Waals surface area (Å²) in [4.78, 5) is 46.4. The van der Waals surface area contributed by atoms with Crippen LogP contribution in [0.4, 0.5) is 11.5 Å². The van der Waals surface area contributed by atoms with Crippen LogP contribution in [-0.4, -0.2) is 57.0 Å². The molecular formula is C26H34N6O3. The molecule has 9 nitrogen and oxygen atoms in total. The number of imidazole rings is 1. The maximum Gasteiger partial charge on any atom is 0.330 e. The standard InChI is InChI=1S/C26H34N6O3/c1-5-31-20-9-10-22(28-25(20)32(6-2)26(31)35)27-23(33)11-12-24(34)30-15-13-29(14-16-30)21-17-18(3)7-8-19(21)4/h7-10,17H,5-6,11-16H2,1-4H3,(H,27,28,33). The summed E-state index contributed by atoms with van der Waals surface area (Å²) in [6.07, 6.45) is 0.246. The van der Waals surface area contributed by atoms with E-state index in [0.717, 1.165) is 18.6 Å². The Morgan fingerprint density at radius 2 is 1.66 bits per heavy atom. The number of hydrogen-bond donors (Lipinski definition) is 1. The summed E-state index contributed by atoms with van der Waals surface area (Å²) in [6, 6.07) is 9.94. The zero-order chi connectivity index (χ0) is 25.1. The molecule has 3 heterocycles. The van der Waals surface area contributed by atoms with Crippen molar-refractivity contribution in [3.05, 3.63) is 51.9 Å². The summed E-state index contributed by atoms with van der Waals surface area (Å²) < 4.78 is 3.26. The fraction of sp³-hybridized carbons (Fsp3) is 0.462. The Hall–Kier alpha value is -3.62. The van der Waals surface area contributed by atoms with Gasteiger partial charge in [-0.2, -0.15) is 0 Å². The predicted molar refractivity (Wildman–Crippen MR) is 138 cm³/mol. The van der Waals surface area contributed by atoms with Crippen molar-refractivity contribution in [2.45, 2.75) is 53.6 Å². The lowest BCUT2D eigenvalue weighted by Gasteiger charge is -2.37. The third-order valence-electron chi connectivity index (χ3n) is 6.67. The molecule has 1 aliphatic heterocycles. The van der Waals surface area contributed by atoms with Crippen molar-refractivity contribution in [1.82, 2.24) is 19.0 Å². The largest absolute Gasteiger partial charge is 0.368 e. The molecule has 1 N–H and O–H groups in total. The highest BCUT2D eigenvalue weighted by atomic mass is 16.2. The van der Waals surface area contributed by atoms with E-state index in [9.17, 15) is 14.4 Å². The van der Waals surface area contributed by atoms with Crippen molar-refractivity contribution in [3.8, 4) is 0 Å². The Morgan fingerprint density at radius 1 is 0.943 bits per heavy atom. The van der Waals surface area contributed by atoms with E-state index >= 15 is 0 Å². The summed E-state index contributed by atoms with van der Waals surface area (Å²) in [5, 5.41) is 2.78. The van der Waals surface area contributed by atoms with Crippen molar-refractivity contribution in [2.24, 2.45) is 0 Å². The molecule has 0 spiro atoms. The maximum atomic E-state index is 12.7. The molecular weight excluding hydrogens is 444 g/mol. The van der Waals surface area contributed by atoms with E-state index in [0.29, 0.717) is 37.6 Å². The average Bonchev–Trinajstić information content (AvgIpc) is 3.13. The minimum Gasteiger partial charge on any atom is -0.368 e. The molecule has 186 valence electrons. The molecule has 2 aromatic heterocycles. The minimum absolute atomic E-state index is 0.0102. The third kappa shape index (κ3) is 5.08. The molecule has 1 fully saturated rings. The van der Waals surface area contributed by atoms with Crippen LogP contribution in [0.5, 0.6) is 0 Å². The molecule has 35 heavy (non-hydrogen) atoms. The van der Waals surface area contributed by atoms with Gasteiger partial charge < -0.3 is 15.1 Å². The number of carbonyl (C=O) groups excluding carboxylic acids is 2. The second-order valence-corrected chi connectivity index (χ2v) is 9.02. The smallest absolute Gasteiger partial charge is 0.330 e. The molecule has 0 bridgehead atoms. The molecule has 0 saturated carbocycles. The highest BCUT2D eigenvalue weighted by Gasteiger charge is 2.23. The predicted octanol–water partition coefficient (Wildman–Crippen LogP) is 2.92. The van der Waals surface area contributed by atoms with E-state index in [2.05, 4.69) is 47.2 Å². The van der Waals surface area contributed by atoms with Gasteiger partial charge in [-0.25, -0.2) is 9.78 Å². The van der Waals surface area contributed by atoms with Gasteiger partial charge in [-0.15, -0.1) is 0 Å². The molecule has 1 aromatic carbocycles. The number of aromatic nitrogens is 3. The Labute approximate surface area is 205 Å². The summed E-state index contributed by atoms with van der Waals surface area (Å²) in [6.45, 7) is 11.9. The fourth-order valence-corrected chi connectivity index (χ4v) is 4.69. The second-order valence-electron chi connectivity index (χ2n) is 9.02. The molecule has 0 atom stereocenters. The van der Waals surface area contributed by atoms with Gasteiger partial charge in [0.25, 0.3) is 0 Å². The second kappa shape index (κ2) is 10.3. The lowest BCUT2D eigenvalue weighted by Crippen LogP contribution is -2.49. The number of amides is 2. The summed E-state index contributed by atoms with van der Waals surface area (Å²) >= 11 is 0. The van der Waals surface area contributed by atoms with Gasteiger partial charge >= 0.3 is 5.69 Å². The van der Waals surface area contributed by atoms with Crippen molar-refractivity contribution >= 4 is 34.5 Å². The van der Waals surface area contributed by atoms with Gasteiger partial charge in [0.15, 0.2) is 5.65 Å². The van der Waals surface area contributed by atoms with E-state index in [-0.39, 0.29) is 30.3 Å². The number of anilines is 2. The quantitative estimate of drug-likeness (QED) is 0.564. The molecule has 0 radical (unpaired) electrons. The Balaban J connectivity index is 1.31. The van der Waals surface area contributed by atoms with Gasteiger partial charge in [0.1, 0.15) is 5.82 Å². The topological polar surface area (TPSA) is 92.5 Å². The SMILES string of the molecule is CCn1c(=O)n(CC)c2nc(NC(=O)CCC(=O)N3CCN(c4cc(C)ccc4C)CC3)ccc21. The van der Waals surface area contributed by atoms with E-state index in [4.69, 9.17) is 0 Å². The number of piperazine rings is 1. The molecule has 0 unspecified atom stereocenters. The van der Waals surface area contributed by atoms with Crippen LogP contribution < -0.4 is 15.9 Å². The third-order valence-corrected chi connectivity index (χ3v) is 6.67. The number of nitrogens with one attached hydrogen (secondary N) is 1.